The third kappa shape index (κ3) is 3.24. The van der Waals surface area contributed by atoms with Gasteiger partial charge in [-0.3, -0.25) is 0 Å². The fourth-order valence-electron chi connectivity index (χ4n) is 1.29. The summed E-state index contributed by atoms with van der Waals surface area (Å²) in [6.45, 7) is 0.605. The third-order valence-electron chi connectivity index (χ3n) is 1.87. The maximum Gasteiger partial charge on any atom is 0.108 e. The molecule has 3 nitrogen and oxygen atoms in total. The smallest absolute Gasteiger partial charge is 0.108 e. The number of rotatable bonds is 2. The predicted octanol–water partition coefficient (Wildman–Crippen LogP) is 2.56. The zero-order chi connectivity index (χ0) is 9.26. The largest absolute Gasteiger partial charge is 0.342 e. The fraction of sp³-hybridized carbons (Fsp3) is 0.222. The van der Waals surface area contributed by atoms with Gasteiger partial charge in [0.2, 0.25) is 0 Å². The van der Waals surface area contributed by atoms with Gasteiger partial charge in [-0.05, 0) is 24.7 Å². The number of nitrogens with one attached hydrogen (secondary N) is 1. The second kappa shape index (κ2) is 6.18. The van der Waals surface area contributed by atoms with Gasteiger partial charge in [0.25, 0.3) is 0 Å². The van der Waals surface area contributed by atoms with Crippen LogP contribution >= 0.6 is 36.4 Å². The lowest BCUT2D eigenvalue weighted by Gasteiger charge is -1.88. The maximum atomic E-state index is 5.83. The Kier molecular flexibility index (Phi) is 5.98. The van der Waals surface area contributed by atoms with Crippen molar-refractivity contribution in [2.24, 2.45) is 5.73 Å². The summed E-state index contributed by atoms with van der Waals surface area (Å²) in [4.78, 5) is 7.51. The van der Waals surface area contributed by atoms with Crippen LogP contribution in [-0.4, -0.2) is 16.5 Å². The number of benzene rings is 1. The van der Waals surface area contributed by atoms with Gasteiger partial charge in [-0.2, -0.15) is 0 Å². The number of halogens is 3. The highest BCUT2D eigenvalue weighted by molar-refractivity contribution is 6.31. The van der Waals surface area contributed by atoms with Crippen LogP contribution in [0, 0.1) is 0 Å². The van der Waals surface area contributed by atoms with Crippen LogP contribution in [0.4, 0.5) is 0 Å². The number of imidazole rings is 1. The molecule has 84 valence electrons. The van der Waals surface area contributed by atoms with Crippen molar-refractivity contribution >= 4 is 47.4 Å². The quantitative estimate of drug-likeness (QED) is 0.879. The highest BCUT2D eigenvalue weighted by Crippen LogP contribution is 2.16. The van der Waals surface area contributed by atoms with Crippen molar-refractivity contribution in [2.75, 3.05) is 6.54 Å². The van der Waals surface area contributed by atoms with Crippen molar-refractivity contribution in [1.82, 2.24) is 9.97 Å². The van der Waals surface area contributed by atoms with E-state index in [-0.39, 0.29) is 24.8 Å². The first-order valence-electron chi connectivity index (χ1n) is 4.14. The number of hydrogen-bond acceptors (Lipinski definition) is 2. The Labute approximate surface area is 105 Å². The van der Waals surface area contributed by atoms with E-state index in [1.165, 1.54) is 0 Å². The van der Waals surface area contributed by atoms with Crippen molar-refractivity contribution in [3.05, 3.63) is 29.0 Å². The van der Waals surface area contributed by atoms with Crippen molar-refractivity contribution in [3.8, 4) is 0 Å². The van der Waals surface area contributed by atoms with Crippen LogP contribution in [-0.2, 0) is 6.42 Å². The summed E-state index contributed by atoms with van der Waals surface area (Å²) in [7, 11) is 0. The number of fused-ring (bicyclic) bond motifs is 1. The Balaban J connectivity index is 0.000000980. The molecular formula is C9H12Cl3N3. The minimum absolute atomic E-state index is 0. The van der Waals surface area contributed by atoms with Gasteiger partial charge < -0.3 is 10.7 Å². The molecule has 0 spiro atoms. The molecule has 1 heterocycles. The molecule has 0 saturated heterocycles. The first-order chi connectivity index (χ1) is 6.29. The standard InChI is InChI=1S/C9H10ClN3.2ClH/c10-6-1-2-7-8(5-6)13-9(12-7)3-4-11;;/h1-2,5H,3-4,11H2,(H,12,13);2*1H. The number of nitrogens with two attached hydrogens (primary N) is 1. The number of nitrogens with zero attached hydrogens (tertiary/aromatic N) is 1. The van der Waals surface area contributed by atoms with E-state index in [9.17, 15) is 0 Å². The second-order valence-corrected chi connectivity index (χ2v) is 3.32. The van der Waals surface area contributed by atoms with E-state index in [4.69, 9.17) is 17.3 Å². The van der Waals surface area contributed by atoms with E-state index in [0.717, 1.165) is 28.3 Å². The van der Waals surface area contributed by atoms with E-state index in [0.29, 0.717) is 6.54 Å². The van der Waals surface area contributed by atoms with E-state index in [1.807, 2.05) is 18.2 Å². The van der Waals surface area contributed by atoms with Crippen LogP contribution in [0.5, 0.6) is 0 Å². The summed E-state index contributed by atoms with van der Waals surface area (Å²) in [5.74, 6) is 0.916. The summed E-state index contributed by atoms with van der Waals surface area (Å²) in [6.07, 6.45) is 0.770. The average molecular weight is 269 g/mol. The van der Waals surface area contributed by atoms with Gasteiger partial charge >= 0.3 is 0 Å². The zero-order valence-electron chi connectivity index (χ0n) is 7.87. The Morgan fingerprint density at radius 3 is 2.73 bits per heavy atom. The molecule has 3 N–H and O–H groups in total. The lowest BCUT2D eigenvalue weighted by Crippen LogP contribution is -2.03. The number of H-pyrrole nitrogens is 1. The number of aromatic amines is 1. The zero-order valence-corrected chi connectivity index (χ0v) is 10.3. The minimum atomic E-state index is 0. The normalized spacial score (nSPS) is 9.47. The Morgan fingerprint density at radius 1 is 1.33 bits per heavy atom. The van der Waals surface area contributed by atoms with Crippen LogP contribution in [0.15, 0.2) is 18.2 Å². The molecule has 1 aromatic heterocycles. The van der Waals surface area contributed by atoms with E-state index < -0.39 is 0 Å². The summed E-state index contributed by atoms with van der Waals surface area (Å²) in [6, 6.07) is 5.59. The van der Waals surface area contributed by atoms with Crippen LogP contribution in [0.1, 0.15) is 5.82 Å². The Morgan fingerprint density at radius 2 is 2.07 bits per heavy atom. The Bertz CT molecular complexity index is 427. The molecule has 2 aromatic rings. The van der Waals surface area contributed by atoms with E-state index >= 15 is 0 Å². The summed E-state index contributed by atoms with van der Waals surface area (Å²) in [5, 5.41) is 0.718. The highest BCUT2D eigenvalue weighted by atomic mass is 35.5. The van der Waals surface area contributed by atoms with Gasteiger partial charge in [-0.25, -0.2) is 4.98 Å². The van der Waals surface area contributed by atoms with Crippen molar-refractivity contribution in [3.63, 3.8) is 0 Å². The minimum Gasteiger partial charge on any atom is -0.342 e. The number of hydrogen-bond donors (Lipinski definition) is 2. The molecule has 1 aromatic carbocycles. The topological polar surface area (TPSA) is 54.7 Å². The third-order valence-corrected chi connectivity index (χ3v) is 2.11. The number of aromatic nitrogens is 2. The Hall–Kier alpha value is -0.480. The molecule has 0 aliphatic rings. The van der Waals surface area contributed by atoms with E-state index in [1.54, 1.807) is 0 Å². The van der Waals surface area contributed by atoms with Crippen molar-refractivity contribution < 1.29 is 0 Å². The van der Waals surface area contributed by atoms with Crippen LogP contribution in [0.25, 0.3) is 11.0 Å². The van der Waals surface area contributed by atoms with Gasteiger partial charge in [0.1, 0.15) is 5.82 Å². The molecule has 2 rings (SSSR count). The summed E-state index contributed by atoms with van der Waals surface area (Å²) < 4.78 is 0. The molecule has 15 heavy (non-hydrogen) atoms. The lowest BCUT2D eigenvalue weighted by molar-refractivity contribution is 0.900. The predicted molar refractivity (Wildman–Crippen MR) is 68.4 cm³/mol. The van der Waals surface area contributed by atoms with Crippen molar-refractivity contribution in [2.45, 2.75) is 6.42 Å². The maximum absolute atomic E-state index is 5.83. The molecular weight excluding hydrogens is 256 g/mol. The van der Waals surface area contributed by atoms with Gasteiger partial charge in [-0.1, -0.05) is 11.6 Å². The first kappa shape index (κ1) is 14.5. The molecule has 0 fully saturated rings. The molecule has 0 bridgehead atoms. The van der Waals surface area contributed by atoms with Gasteiger partial charge in [0, 0.05) is 11.4 Å². The second-order valence-electron chi connectivity index (χ2n) is 2.88. The molecule has 0 radical (unpaired) electrons. The summed E-state index contributed by atoms with van der Waals surface area (Å²) >= 11 is 5.83. The van der Waals surface area contributed by atoms with Gasteiger partial charge in [-0.15, -0.1) is 24.8 Å². The van der Waals surface area contributed by atoms with E-state index in [2.05, 4.69) is 9.97 Å². The SMILES string of the molecule is Cl.Cl.NCCc1nc2ccc(Cl)cc2[nH]1. The molecule has 6 heteroatoms. The van der Waals surface area contributed by atoms with Crippen LogP contribution in [0.2, 0.25) is 5.02 Å². The molecule has 0 aliphatic carbocycles. The molecule has 0 amide bonds. The lowest BCUT2D eigenvalue weighted by atomic mass is 10.3. The average Bonchev–Trinajstić information content (AvgIpc) is 2.46. The molecule has 0 unspecified atom stereocenters. The molecule has 0 aliphatic heterocycles. The molecule has 0 saturated carbocycles. The first-order valence-corrected chi connectivity index (χ1v) is 4.51. The monoisotopic (exact) mass is 267 g/mol. The van der Waals surface area contributed by atoms with Gasteiger partial charge in [0.05, 0.1) is 11.0 Å². The van der Waals surface area contributed by atoms with Gasteiger partial charge in [0.15, 0.2) is 0 Å². The molecule has 0 atom stereocenters. The van der Waals surface area contributed by atoms with Crippen molar-refractivity contribution in [1.29, 1.82) is 0 Å². The fourth-order valence-corrected chi connectivity index (χ4v) is 1.46. The highest BCUT2D eigenvalue weighted by Gasteiger charge is 2.01. The van der Waals surface area contributed by atoms with Crippen LogP contribution < -0.4 is 5.73 Å². The summed E-state index contributed by atoms with van der Waals surface area (Å²) in [5.41, 5.74) is 7.33. The van der Waals surface area contributed by atoms with Crippen LogP contribution in [0.3, 0.4) is 0 Å².